The molecule has 0 aliphatic heterocycles. The van der Waals surface area contributed by atoms with E-state index < -0.39 is 17.6 Å². The summed E-state index contributed by atoms with van der Waals surface area (Å²) in [7, 11) is 0. The van der Waals surface area contributed by atoms with E-state index in [1.54, 1.807) is 0 Å². The number of hydrogen-bond donors (Lipinski definition) is 3. The van der Waals surface area contributed by atoms with Gasteiger partial charge in [0.05, 0.1) is 11.3 Å². The molecule has 1 aromatic heterocycles. The molecule has 0 fully saturated rings. The largest absolute Gasteiger partial charge is 0.409 e. The van der Waals surface area contributed by atoms with E-state index in [0.29, 0.717) is 0 Å². The lowest BCUT2D eigenvalue weighted by molar-refractivity contribution is 0.101. The van der Waals surface area contributed by atoms with Crippen LogP contribution in [0.2, 0.25) is 0 Å². The molecule has 2 aromatic rings. The van der Waals surface area contributed by atoms with E-state index in [-0.39, 0.29) is 16.9 Å². The molecule has 0 spiro atoms. The molecule has 0 radical (unpaired) electrons. The Morgan fingerprint density at radius 3 is 2.89 bits per heavy atom. The summed E-state index contributed by atoms with van der Waals surface area (Å²) in [5.41, 5.74) is 5.24. The molecule has 0 saturated heterocycles. The minimum Gasteiger partial charge on any atom is -0.409 e. The van der Waals surface area contributed by atoms with Gasteiger partial charge in [0.15, 0.2) is 11.5 Å². The standard InChI is InChI=1S/C11H9FN4O3/c12-6-2-1-3-7(9(6)10(13)15-18)14-11(17)8-4-5-19-16-8/h1-5,18H,(H2,13,15)(H,14,17). The minimum atomic E-state index is -0.728. The van der Waals surface area contributed by atoms with Crippen molar-refractivity contribution < 1.29 is 18.9 Å². The van der Waals surface area contributed by atoms with Crippen molar-refractivity contribution in [2.24, 2.45) is 10.9 Å². The maximum atomic E-state index is 13.6. The summed E-state index contributed by atoms with van der Waals surface area (Å²) in [6, 6.07) is 5.26. The highest BCUT2D eigenvalue weighted by Gasteiger charge is 2.16. The van der Waals surface area contributed by atoms with Crippen LogP contribution >= 0.6 is 0 Å². The number of anilines is 1. The molecular formula is C11H9FN4O3. The summed E-state index contributed by atoms with van der Waals surface area (Å²) in [6.07, 6.45) is 1.23. The number of amidine groups is 1. The van der Waals surface area contributed by atoms with Gasteiger partial charge in [-0.3, -0.25) is 4.79 Å². The van der Waals surface area contributed by atoms with Crippen molar-refractivity contribution in [3.8, 4) is 0 Å². The van der Waals surface area contributed by atoms with Crippen LogP contribution in [0.15, 0.2) is 40.2 Å². The topological polar surface area (TPSA) is 114 Å². The highest BCUT2D eigenvalue weighted by molar-refractivity contribution is 6.09. The summed E-state index contributed by atoms with van der Waals surface area (Å²) >= 11 is 0. The van der Waals surface area contributed by atoms with E-state index in [2.05, 4.69) is 20.2 Å². The second-order valence-corrected chi connectivity index (χ2v) is 3.49. The Hall–Kier alpha value is -2.90. The second kappa shape index (κ2) is 5.17. The highest BCUT2D eigenvalue weighted by atomic mass is 19.1. The van der Waals surface area contributed by atoms with Crippen molar-refractivity contribution in [1.82, 2.24) is 5.16 Å². The average molecular weight is 264 g/mol. The third-order valence-electron chi connectivity index (χ3n) is 2.30. The number of amides is 1. The van der Waals surface area contributed by atoms with Crippen LogP contribution < -0.4 is 11.1 Å². The fraction of sp³-hybridized carbons (Fsp3) is 0. The Morgan fingerprint density at radius 1 is 1.47 bits per heavy atom. The molecule has 1 amide bonds. The van der Waals surface area contributed by atoms with Gasteiger partial charge in [0.1, 0.15) is 12.1 Å². The van der Waals surface area contributed by atoms with Gasteiger partial charge in [-0.1, -0.05) is 16.4 Å². The zero-order valence-corrected chi connectivity index (χ0v) is 9.50. The number of rotatable bonds is 3. The summed E-state index contributed by atoms with van der Waals surface area (Å²) in [5.74, 6) is -1.78. The van der Waals surface area contributed by atoms with Crippen molar-refractivity contribution in [1.29, 1.82) is 0 Å². The Balaban J connectivity index is 2.36. The number of hydrogen-bond acceptors (Lipinski definition) is 5. The number of nitrogens with one attached hydrogen (secondary N) is 1. The van der Waals surface area contributed by atoms with Gasteiger partial charge in [-0.05, 0) is 12.1 Å². The smallest absolute Gasteiger partial charge is 0.277 e. The first-order chi connectivity index (χ1) is 9.13. The fourth-order valence-corrected chi connectivity index (χ4v) is 1.45. The Bertz CT molecular complexity index is 625. The Morgan fingerprint density at radius 2 is 2.26 bits per heavy atom. The van der Waals surface area contributed by atoms with Crippen LogP contribution in [0.25, 0.3) is 0 Å². The van der Waals surface area contributed by atoms with Crippen LogP contribution in [0, 0.1) is 5.82 Å². The van der Waals surface area contributed by atoms with Gasteiger partial charge in [0.2, 0.25) is 0 Å². The number of carbonyl (C=O) groups excluding carboxylic acids is 1. The molecule has 0 unspecified atom stereocenters. The van der Waals surface area contributed by atoms with E-state index in [1.807, 2.05) is 0 Å². The number of halogens is 1. The summed E-state index contributed by atoms with van der Waals surface area (Å²) in [6.45, 7) is 0. The number of benzene rings is 1. The van der Waals surface area contributed by atoms with Gasteiger partial charge in [-0.25, -0.2) is 4.39 Å². The third kappa shape index (κ3) is 2.51. The lowest BCUT2D eigenvalue weighted by Crippen LogP contribution is -2.20. The number of nitrogens with two attached hydrogens (primary N) is 1. The van der Waals surface area contributed by atoms with Crippen LogP contribution in [0.4, 0.5) is 10.1 Å². The second-order valence-electron chi connectivity index (χ2n) is 3.49. The van der Waals surface area contributed by atoms with Crippen molar-refractivity contribution in [3.63, 3.8) is 0 Å². The van der Waals surface area contributed by atoms with E-state index in [0.717, 1.165) is 6.07 Å². The third-order valence-corrected chi connectivity index (χ3v) is 2.30. The zero-order valence-electron chi connectivity index (χ0n) is 9.50. The van der Waals surface area contributed by atoms with E-state index >= 15 is 0 Å². The predicted molar refractivity (Wildman–Crippen MR) is 63.4 cm³/mol. The molecule has 0 bridgehead atoms. The molecule has 0 aliphatic carbocycles. The van der Waals surface area contributed by atoms with Crippen molar-refractivity contribution in [2.45, 2.75) is 0 Å². The van der Waals surface area contributed by atoms with E-state index in [9.17, 15) is 9.18 Å². The van der Waals surface area contributed by atoms with Gasteiger partial charge in [0, 0.05) is 6.07 Å². The van der Waals surface area contributed by atoms with Crippen molar-refractivity contribution in [2.75, 3.05) is 5.32 Å². The van der Waals surface area contributed by atoms with E-state index in [1.165, 1.54) is 24.5 Å². The number of nitrogens with zero attached hydrogens (tertiary/aromatic N) is 2. The van der Waals surface area contributed by atoms with Crippen LogP contribution in [-0.2, 0) is 0 Å². The Labute approximate surface area is 106 Å². The number of oxime groups is 1. The molecule has 0 atom stereocenters. The highest BCUT2D eigenvalue weighted by Crippen LogP contribution is 2.19. The predicted octanol–water partition coefficient (Wildman–Crippen LogP) is 1.16. The first-order valence-corrected chi connectivity index (χ1v) is 5.11. The Kier molecular flexibility index (Phi) is 3.42. The van der Waals surface area contributed by atoms with Crippen LogP contribution in [-0.4, -0.2) is 22.1 Å². The molecule has 19 heavy (non-hydrogen) atoms. The number of carbonyl (C=O) groups is 1. The fourth-order valence-electron chi connectivity index (χ4n) is 1.45. The first-order valence-electron chi connectivity index (χ1n) is 5.11. The van der Waals surface area contributed by atoms with Crippen LogP contribution in [0.3, 0.4) is 0 Å². The molecule has 8 heteroatoms. The quantitative estimate of drug-likeness (QED) is 0.333. The summed E-state index contributed by atoms with van der Waals surface area (Å²) in [5, 5.41) is 17.2. The van der Waals surface area contributed by atoms with Crippen LogP contribution in [0.5, 0.6) is 0 Å². The molecular weight excluding hydrogens is 255 g/mol. The van der Waals surface area contributed by atoms with E-state index in [4.69, 9.17) is 10.9 Å². The molecule has 98 valence electrons. The lowest BCUT2D eigenvalue weighted by atomic mass is 10.1. The molecule has 1 aromatic carbocycles. The molecule has 4 N–H and O–H groups in total. The maximum absolute atomic E-state index is 13.6. The van der Waals surface area contributed by atoms with Gasteiger partial charge in [-0.15, -0.1) is 0 Å². The van der Waals surface area contributed by atoms with Crippen LogP contribution in [0.1, 0.15) is 16.1 Å². The van der Waals surface area contributed by atoms with Crippen molar-refractivity contribution in [3.05, 3.63) is 47.6 Å². The molecule has 7 nitrogen and oxygen atoms in total. The van der Waals surface area contributed by atoms with Gasteiger partial charge < -0.3 is 20.8 Å². The maximum Gasteiger partial charge on any atom is 0.277 e. The van der Waals surface area contributed by atoms with Gasteiger partial charge in [0.25, 0.3) is 5.91 Å². The normalized spacial score (nSPS) is 11.3. The monoisotopic (exact) mass is 264 g/mol. The van der Waals surface area contributed by atoms with Gasteiger partial charge in [-0.2, -0.15) is 0 Å². The molecule has 0 aliphatic rings. The first kappa shape index (κ1) is 12.6. The summed E-state index contributed by atoms with van der Waals surface area (Å²) < 4.78 is 18.1. The number of aromatic nitrogens is 1. The lowest BCUT2D eigenvalue weighted by Gasteiger charge is -2.09. The molecule has 0 saturated carbocycles. The summed E-state index contributed by atoms with van der Waals surface area (Å²) in [4.78, 5) is 11.8. The molecule has 1 heterocycles. The van der Waals surface area contributed by atoms with Crippen molar-refractivity contribution >= 4 is 17.4 Å². The minimum absolute atomic E-state index is 0.0229. The van der Waals surface area contributed by atoms with Gasteiger partial charge >= 0.3 is 0 Å². The zero-order chi connectivity index (χ0) is 13.8. The SMILES string of the molecule is NC(=NO)c1c(F)cccc1NC(=O)c1ccon1. The average Bonchev–Trinajstić information content (AvgIpc) is 2.92. The molecule has 2 rings (SSSR count).